The zero-order valence-corrected chi connectivity index (χ0v) is 11.1. The normalized spacial score (nSPS) is 18.2. The van der Waals surface area contributed by atoms with Crippen LogP contribution in [0.5, 0.6) is 0 Å². The molecule has 1 aromatic carbocycles. The van der Waals surface area contributed by atoms with Crippen molar-refractivity contribution >= 4 is 11.5 Å². The fraction of sp³-hybridized carbons (Fsp3) is 0.333. The fourth-order valence-electron chi connectivity index (χ4n) is 2.64. The van der Waals surface area contributed by atoms with Crippen molar-refractivity contribution in [2.24, 2.45) is 11.7 Å². The third-order valence-corrected chi connectivity index (χ3v) is 3.50. The van der Waals surface area contributed by atoms with Crippen LogP contribution in [-0.4, -0.2) is 16.5 Å². The Morgan fingerprint density at radius 1 is 1.32 bits per heavy atom. The molecule has 0 saturated heterocycles. The Balaban J connectivity index is 2.04. The lowest BCUT2D eigenvalue weighted by Gasteiger charge is -2.33. The van der Waals surface area contributed by atoms with Crippen molar-refractivity contribution in [2.45, 2.75) is 19.9 Å². The molecule has 0 bridgehead atoms. The highest BCUT2D eigenvalue weighted by atomic mass is 15.2. The summed E-state index contributed by atoms with van der Waals surface area (Å²) in [5.74, 6) is 1.50. The van der Waals surface area contributed by atoms with E-state index < -0.39 is 0 Å². The molecule has 19 heavy (non-hydrogen) atoms. The Hall–Kier alpha value is -1.94. The van der Waals surface area contributed by atoms with E-state index >= 15 is 0 Å². The van der Waals surface area contributed by atoms with Gasteiger partial charge in [0.25, 0.3) is 0 Å². The summed E-state index contributed by atoms with van der Waals surface area (Å²) in [5.41, 5.74) is 9.09. The van der Waals surface area contributed by atoms with Crippen LogP contribution in [0.2, 0.25) is 0 Å². The largest absolute Gasteiger partial charge is 0.325 e. The first-order chi connectivity index (χ1) is 9.28. The Morgan fingerprint density at radius 3 is 3.00 bits per heavy atom. The lowest BCUT2D eigenvalue weighted by atomic mass is 9.94. The van der Waals surface area contributed by atoms with E-state index in [1.165, 1.54) is 11.3 Å². The second-order valence-electron chi connectivity index (χ2n) is 5.12. The number of aromatic nitrogens is 2. The second kappa shape index (κ2) is 4.97. The molecule has 98 valence electrons. The average Bonchev–Trinajstić information content (AvgIpc) is 2.46. The van der Waals surface area contributed by atoms with Crippen LogP contribution in [0.4, 0.5) is 11.5 Å². The summed E-state index contributed by atoms with van der Waals surface area (Å²) in [7, 11) is 0. The van der Waals surface area contributed by atoms with E-state index in [9.17, 15) is 0 Å². The van der Waals surface area contributed by atoms with Crippen LogP contribution in [0, 0.1) is 5.92 Å². The van der Waals surface area contributed by atoms with Crippen LogP contribution in [0.1, 0.15) is 18.2 Å². The van der Waals surface area contributed by atoms with Crippen LogP contribution >= 0.6 is 0 Å². The van der Waals surface area contributed by atoms with Gasteiger partial charge in [-0.3, -0.25) is 4.98 Å². The molecular formula is C15H18N4. The smallest absolute Gasteiger partial charge is 0.151 e. The number of para-hydroxylation sites is 1. The van der Waals surface area contributed by atoms with Crippen molar-refractivity contribution < 1.29 is 0 Å². The molecule has 4 nitrogen and oxygen atoms in total. The minimum atomic E-state index is 0.423. The van der Waals surface area contributed by atoms with E-state index in [2.05, 4.69) is 46.1 Å². The van der Waals surface area contributed by atoms with E-state index in [-0.39, 0.29) is 0 Å². The van der Waals surface area contributed by atoms with Gasteiger partial charge in [0.15, 0.2) is 5.82 Å². The van der Waals surface area contributed by atoms with E-state index in [0.717, 1.165) is 24.5 Å². The van der Waals surface area contributed by atoms with Gasteiger partial charge in [-0.1, -0.05) is 25.1 Å². The number of nitrogens with two attached hydrogens (primary N) is 1. The van der Waals surface area contributed by atoms with Gasteiger partial charge in [-0.15, -0.1) is 0 Å². The predicted molar refractivity (Wildman–Crippen MR) is 76.2 cm³/mol. The van der Waals surface area contributed by atoms with Crippen LogP contribution in [0.15, 0.2) is 36.7 Å². The van der Waals surface area contributed by atoms with Gasteiger partial charge >= 0.3 is 0 Å². The minimum Gasteiger partial charge on any atom is -0.325 e. The molecule has 1 aromatic heterocycles. The summed E-state index contributed by atoms with van der Waals surface area (Å²) in [5, 5.41) is 0. The Morgan fingerprint density at radius 2 is 2.16 bits per heavy atom. The maximum atomic E-state index is 5.65. The van der Waals surface area contributed by atoms with E-state index in [0.29, 0.717) is 12.5 Å². The number of hydrogen-bond acceptors (Lipinski definition) is 4. The standard InChI is InChI=1S/C15H18N4/c1-11-6-12-4-2-3-5-14(12)19(10-11)15-9-17-8-13(7-16)18-15/h2-5,8-9,11H,6-7,10,16H2,1H3. The molecule has 2 heterocycles. The predicted octanol–water partition coefficient (Wildman–Crippen LogP) is 2.27. The van der Waals surface area contributed by atoms with Gasteiger partial charge in [-0.25, -0.2) is 4.98 Å². The average molecular weight is 254 g/mol. The molecule has 4 heteroatoms. The fourth-order valence-corrected chi connectivity index (χ4v) is 2.64. The van der Waals surface area contributed by atoms with Gasteiger partial charge in [0.05, 0.1) is 11.9 Å². The Labute approximate surface area is 113 Å². The first-order valence-electron chi connectivity index (χ1n) is 6.64. The number of fused-ring (bicyclic) bond motifs is 1. The van der Waals surface area contributed by atoms with Crippen molar-refractivity contribution in [3.8, 4) is 0 Å². The summed E-state index contributed by atoms with van der Waals surface area (Å²) in [6.07, 6.45) is 4.66. The molecule has 0 aliphatic carbocycles. The summed E-state index contributed by atoms with van der Waals surface area (Å²) in [6, 6.07) is 8.51. The van der Waals surface area contributed by atoms with Crippen LogP contribution in [0.25, 0.3) is 0 Å². The molecule has 1 atom stereocenters. The third-order valence-electron chi connectivity index (χ3n) is 3.50. The van der Waals surface area contributed by atoms with E-state index in [1.54, 1.807) is 6.20 Å². The second-order valence-corrected chi connectivity index (χ2v) is 5.12. The third kappa shape index (κ3) is 2.31. The summed E-state index contributed by atoms with van der Waals surface area (Å²) in [4.78, 5) is 11.1. The molecule has 0 amide bonds. The molecule has 2 aromatic rings. The topological polar surface area (TPSA) is 55.0 Å². The van der Waals surface area contributed by atoms with Crippen LogP contribution < -0.4 is 10.6 Å². The van der Waals surface area contributed by atoms with Gasteiger partial charge in [0.2, 0.25) is 0 Å². The number of benzene rings is 1. The van der Waals surface area contributed by atoms with Crippen LogP contribution in [-0.2, 0) is 13.0 Å². The molecule has 0 saturated carbocycles. The molecule has 3 rings (SSSR count). The summed E-state index contributed by atoms with van der Waals surface area (Å²) < 4.78 is 0. The molecule has 1 aliphatic rings. The number of rotatable bonds is 2. The van der Waals surface area contributed by atoms with Crippen molar-refractivity contribution in [3.05, 3.63) is 47.9 Å². The molecule has 2 N–H and O–H groups in total. The summed E-state index contributed by atoms with van der Waals surface area (Å²) in [6.45, 7) is 3.66. The molecule has 1 aliphatic heterocycles. The van der Waals surface area contributed by atoms with E-state index in [1.807, 2.05) is 6.20 Å². The monoisotopic (exact) mass is 254 g/mol. The molecule has 0 radical (unpaired) electrons. The van der Waals surface area contributed by atoms with Gasteiger partial charge in [-0.05, 0) is 24.0 Å². The zero-order valence-electron chi connectivity index (χ0n) is 11.1. The minimum absolute atomic E-state index is 0.423. The number of anilines is 2. The van der Waals surface area contributed by atoms with Crippen molar-refractivity contribution in [1.29, 1.82) is 0 Å². The van der Waals surface area contributed by atoms with Crippen molar-refractivity contribution in [3.63, 3.8) is 0 Å². The quantitative estimate of drug-likeness (QED) is 0.893. The number of nitrogens with zero attached hydrogens (tertiary/aromatic N) is 3. The molecule has 1 unspecified atom stereocenters. The highest BCUT2D eigenvalue weighted by molar-refractivity contribution is 5.65. The van der Waals surface area contributed by atoms with Gasteiger partial charge in [0.1, 0.15) is 0 Å². The molecular weight excluding hydrogens is 236 g/mol. The van der Waals surface area contributed by atoms with Crippen molar-refractivity contribution in [2.75, 3.05) is 11.4 Å². The van der Waals surface area contributed by atoms with Gasteiger partial charge in [0, 0.05) is 25.0 Å². The highest BCUT2D eigenvalue weighted by Crippen LogP contribution is 2.33. The SMILES string of the molecule is CC1Cc2ccccc2N(c2cncc(CN)n2)C1. The summed E-state index contributed by atoms with van der Waals surface area (Å²) >= 11 is 0. The lowest BCUT2D eigenvalue weighted by Crippen LogP contribution is -2.31. The maximum Gasteiger partial charge on any atom is 0.151 e. The van der Waals surface area contributed by atoms with Crippen molar-refractivity contribution in [1.82, 2.24) is 9.97 Å². The highest BCUT2D eigenvalue weighted by Gasteiger charge is 2.23. The van der Waals surface area contributed by atoms with Gasteiger partial charge in [-0.2, -0.15) is 0 Å². The molecule has 0 fully saturated rings. The maximum absolute atomic E-state index is 5.65. The van der Waals surface area contributed by atoms with Gasteiger partial charge < -0.3 is 10.6 Å². The lowest BCUT2D eigenvalue weighted by molar-refractivity contribution is 0.559. The Bertz CT molecular complexity index is 582. The number of hydrogen-bond donors (Lipinski definition) is 1. The molecule has 0 spiro atoms. The first kappa shape index (κ1) is 12.1. The van der Waals surface area contributed by atoms with Crippen LogP contribution in [0.3, 0.4) is 0 Å². The van der Waals surface area contributed by atoms with E-state index in [4.69, 9.17) is 5.73 Å². The zero-order chi connectivity index (χ0) is 13.2. The Kier molecular flexibility index (Phi) is 3.17. The first-order valence-corrected chi connectivity index (χ1v) is 6.64.